The molecule has 0 heterocycles. The Morgan fingerprint density at radius 2 is 1.82 bits per heavy atom. The Morgan fingerprint density at radius 1 is 1.00 bits per heavy atom. The monoisotopic (exact) mass is 308 g/mol. The largest absolute Gasteiger partial charge is 0.507 e. The van der Waals surface area contributed by atoms with E-state index in [1.54, 1.807) is 30.3 Å². The molecule has 0 spiro atoms. The van der Waals surface area contributed by atoms with Crippen LogP contribution in [0.3, 0.4) is 0 Å². The van der Waals surface area contributed by atoms with Crippen LogP contribution >= 0.6 is 11.6 Å². The van der Waals surface area contributed by atoms with E-state index in [2.05, 4.69) is 0 Å². The van der Waals surface area contributed by atoms with E-state index < -0.39 is 0 Å². The number of phenolic OH excluding ortho intramolecular Hbond substituents is 1. The maximum Gasteiger partial charge on any atom is 0.189 e. The number of aromatic hydroxyl groups is 1. The van der Waals surface area contributed by atoms with Crippen LogP contribution in [0.15, 0.2) is 66.7 Å². The van der Waals surface area contributed by atoms with Gasteiger partial charge in [0.15, 0.2) is 5.78 Å². The standard InChI is InChI=1S/C19H13ClO2/c20-15-6-3-4-13(12-15)8-11-18(21)17-10-9-14-5-1-2-7-16(14)19(17)22/h1-12,22H/b11-8+. The second-order valence-corrected chi connectivity index (χ2v) is 5.37. The van der Waals surface area contributed by atoms with Gasteiger partial charge in [0.2, 0.25) is 0 Å². The minimum Gasteiger partial charge on any atom is -0.507 e. The summed E-state index contributed by atoms with van der Waals surface area (Å²) in [5.74, 6) is -0.234. The third-order valence-electron chi connectivity index (χ3n) is 3.44. The van der Waals surface area contributed by atoms with Crippen molar-refractivity contribution in [1.82, 2.24) is 0 Å². The molecule has 3 aromatic rings. The van der Waals surface area contributed by atoms with Gasteiger partial charge in [-0.2, -0.15) is 0 Å². The predicted molar refractivity (Wildman–Crippen MR) is 90.4 cm³/mol. The van der Waals surface area contributed by atoms with Crippen LogP contribution in [0.5, 0.6) is 5.75 Å². The van der Waals surface area contributed by atoms with E-state index in [0.717, 1.165) is 10.9 Å². The predicted octanol–water partition coefficient (Wildman–Crippen LogP) is 5.09. The number of rotatable bonds is 3. The van der Waals surface area contributed by atoms with Crippen LogP contribution in [0.1, 0.15) is 15.9 Å². The zero-order valence-corrected chi connectivity index (χ0v) is 12.4. The molecule has 0 unspecified atom stereocenters. The molecule has 0 aliphatic carbocycles. The molecule has 3 rings (SSSR count). The first-order valence-electron chi connectivity index (χ1n) is 6.84. The van der Waals surface area contributed by atoms with Crippen molar-refractivity contribution in [2.45, 2.75) is 0 Å². The average Bonchev–Trinajstić information content (AvgIpc) is 2.53. The minimum absolute atomic E-state index is 0.0128. The molecule has 0 aliphatic heterocycles. The molecular weight excluding hydrogens is 296 g/mol. The molecule has 0 amide bonds. The van der Waals surface area contributed by atoms with E-state index >= 15 is 0 Å². The highest BCUT2D eigenvalue weighted by molar-refractivity contribution is 6.30. The highest BCUT2D eigenvalue weighted by Gasteiger charge is 2.11. The third kappa shape index (κ3) is 2.87. The fourth-order valence-electron chi connectivity index (χ4n) is 2.33. The van der Waals surface area contributed by atoms with Crippen molar-refractivity contribution in [2.24, 2.45) is 0 Å². The van der Waals surface area contributed by atoms with Crippen molar-refractivity contribution in [1.29, 1.82) is 0 Å². The lowest BCUT2D eigenvalue weighted by Gasteiger charge is -2.05. The summed E-state index contributed by atoms with van der Waals surface area (Å²) >= 11 is 5.91. The third-order valence-corrected chi connectivity index (χ3v) is 3.68. The highest BCUT2D eigenvalue weighted by Crippen LogP contribution is 2.29. The molecule has 0 aromatic heterocycles. The van der Waals surface area contributed by atoms with E-state index in [4.69, 9.17) is 11.6 Å². The van der Waals surface area contributed by atoms with Gasteiger partial charge in [-0.15, -0.1) is 0 Å². The van der Waals surface area contributed by atoms with Crippen molar-refractivity contribution in [2.75, 3.05) is 0 Å². The Hall–Kier alpha value is -2.58. The molecule has 0 bridgehead atoms. The summed E-state index contributed by atoms with van der Waals surface area (Å²) in [6.07, 6.45) is 3.12. The van der Waals surface area contributed by atoms with Crippen molar-refractivity contribution in [3.63, 3.8) is 0 Å². The van der Waals surface area contributed by atoms with Gasteiger partial charge in [-0.05, 0) is 35.2 Å². The number of benzene rings is 3. The Labute approximate surface area is 133 Å². The number of hydrogen-bond donors (Lipinski definition) is 1. The van der Waals surface area contributed by atoms with E-state index in [-0.39, 0.29) is 17.1 Å². The van der Waals surface area contributed by atoms with Gasteiger partial charge in [0.25, 0.3) is 0 Å². The molecule has 0 saturated carbocycles. The minimum atomic E-state index is -0.247. The van der Waals surface area contributed by atoms with Gasteiger partial charge < -0.3 is 5.11 Å². The normalized spacial score (nSPS) is 11.1. The van der Waals surface area contributed by atoms with Gasteiger partial charge in [-0.1, -0.05) is 60.1 Å². The number of fused-ring (bicyclic) bond motifs is 1. The lowest BCUT2D eigenvalue weighted by Crippen LogP contribution is -1.95. The highest BCUT2D eigenvalue weighted by atomic mass is 35.5. The summed E-state index contributed by atoms with van der Waals surface area (Å²) in [7, 11) is 0. The quantitative estimate of drug-likeness (QED) is 0.540. The van der Waals surface area contributed by atoms with Gasteiger partial charge >= 0.3 is 0 Å². The van der Waals surface area contributed by atoms with Gasteiger partial charge in [-0.3, -0.25) is 4.79 Å². The molecule has 1 N–H and O–H groups in total. The van der Waals surface area contributed by atoms with Gasteiger partial charge in [-0.25, -0.2) is 0 Å². The van der Waals surface area contributed by atoms with Crippen LogP contribution in [0.4, 0.5) is 0 Å². The lowest BCUT2D eigenvalue weighted by molar-refractivity contribution is 0.104. The van der Waals surface area contributed by atoms with E-state index in [1.807, 2.05) is 36.4 Å². The lowest BCUT2D eigenvalue weighted by atomic mass is 10.0. The Balaban J connectivity index is 1.94. The Kier molecular flexibility index (Phi) is 3.94. The second-order valence-electron chi connectivity index (χ2n) is 4.94. The molecule has 108 valence electrons. The molecule has 22 heavy (non-hydrogen) atoms. The number of hydrogen-bond acceptors (Lipinski definition) is 2. The summed E-state index contributed by atoms with van der Waals surface area (Å²) < 4.78 is 0. The Morgan fingerprint density at radius 3 is 2.64 bits per heavy atom. The van der Waals surface area contributed by atoms with Crippen molar-refractivity contribution < 1.29 is 9.90 Å². The van der Waals surface area contributed by atoms with Gasteiger partial charge in [0.1, 0.15) is 5.75 Å². The molecule has 0 saturated heterocycles. The van der Waals surface area contributed by atoms with Crippen molar-refractivity contribution in [3.05, 3.63) is 82.9 Å². The summed E-state index contributed by atoms with van der Waals surface area (Å²) in [5, 5.41) is 12.5. The van der Waals surface area contributed by atoms with Gasteiger partial charge in [0, 0.05) is 10.4 Å². The summed E-state index contributed by atoms with van der Waals surface area (Å²) in [4.78, 5) is 12.3. The van der Waals surface area contributed by atoms with Crippen LogP contribution in [-0.4, -0.2) is 10.9 Å². The number of halogens is 1. The number of allylic oxidation sites excluding steroid dienone is 1. The first-order chi connectivity index (χ1) is 10.6. The van der Waals surface area contributed by atoms with Crippen LogP contribution in [0.2, 0.25) is 5.02 Å². The maximum absolute atomic E-state index is 12.3. The molecule has 0 atom stereocenters. The summed E-state index contributed by atoms with van der Waals surface area (Å²) in [5.41, 5.74) is 1.12. The molecule has 0 radical (unpaired) electrons. The first-order valence-corrected chi connectivity index (χ1v) is 7.21. The van der Waals surface area contributed by atoms with Crippen LogP contribution < -0.4 is 0 Å². The number of ketones is 1. The van der Waals surface area contributed by atoms with Gasteiger partial charge in [0.05, 0.1) is 5.56 Å². The molecule has 3 aromatic carbocycles. The molecule has 3 heteroatoms. The molecular formula is C19H13ClO2. The summed E-state index contributed by atoms with van der Waals surface area (Å²) in [6.45, 7) is 0. The Bertz CT molecular complexity index is 881. The fourth-order valence-corrected chi connectivity index (χ4v) is 2.52. The first kappa shape index (κ1) is 14.4. The van der Waals surface area contributed by atoms with Crippen molar-refractivity contribution >= 4 is 34.2 Å². The SMILES string of the molecule is O=C(/C=C/c1cccc(Cl)c1)c1ccc2ccccc2c1O. The van der Waals surface area contributed by atoms with Crippen LogP contribution in [0.25, 0.3) is 16.8 Å². The topological polar surface area (TPSA) is 37.3 Å². The molecule has 0 aliphatic rings. The van der Waals surface area contributed by atoms with Crippen LogP contribution in [0, 0.1) is 0 Å². The van der Waals surface area contributed by atoms with E-state index in [9.17, 15) is 9.90 Å². The second kappa shape index (κ2) is 6.04. The zero-order chi connectivity index (χ0) is 15.5. The summed E-state index contributed by atoms with van der Waals surface area (Å²) in [6, 6.07) is 18.1. The zero-order valence-electron chi connectivity index (χ0n) is 11.7. The molecule has 0 fully saturated rings. The average molecular weight is 309 g/mol. The van der Waals surface area contributed by atoms with Crippen LogP contribution in [-0.2, 0) is 0 Å². The maximum atomic E-state index is 12.3. The number of phenols is 1. The number of carbonyl (C=O) groups is 1. The fraction of sp³-hybridized carbons (Fsp3) is 0. The molecule has 2 nitrogen and oxygen atoms in total. The van der Waals surface area contributed by atoms with E-state index in [0.29, 0.717) is 10.4 Å². The van der Waals surface area contributed by atoms with E-state index in [1.165, 1.54) is 6.08 Å². The number of carbonyl (C=O) groups excluding carboxylic acids is 1. The smallest absolute Gasteiger partial charge is 0.189 e. The van der Waals surface area contributed by atoms with Crippen molar-refractivity contribution in [3.8, 4) is 5.75 Å².